The second kappa shape index (κ2) is 4.78. The molecular formula is C6H11NO3. The molecule has 10 heavy (non-hydrogen) atoms. The molecule has 1 heterocycles. The normalized spacial score (nSPS) is 13.9. The molecule has 0 spiro atoms. The molecule has 4 nitrogen and oxygen atoms in total. The first-order valence-corrected chi connectivity index (χ1v) is 3.15. The van der Waals surface area contributed by atoms with E-state index in [9.17, 15) is 9.59 Å². The third kappa shape index (κ3) is 5.08. The number of carboxylic acids is 1. The SMILES string of the molecule is CCC(=O)O.O=C1CCN1. The Morgan fingerprint density at radius 3 is 2.10 bits per heavy atom. The van der Waals surface area contributed by atoms with E-state index in [0.29, 0.717) is 0 Å². The maximum absolute atomic E-state index is 9.79. The quantitative estimate of drug-likeness (QED) is 0.510. The van der Waals surface area contributed by atoms with Crippen molar-refractivity contribution in [3.8, 4) is 0 Å². The van der Waals surface area contributed by atoms with E-state index in [1.807, 2.05) is 0 Å². The van der Waals surface area contributed by atoms with Gasteiger partial charge < -0.3 is 10.4 Å². The van der Waals surface area contributed by atoms with Gasteiger partial charge in [-0.25, -0.2) is 0 Å². The fourth-order valence-electron chi connectivity index (χ4n) is 0.227. The summed E-state index contributed by atoms with van der Waals surface area (Å²) in [6, 6.07) is 0. The van der Waals surface area contributed by atoms with Gasteiger partial charge in [0.25, 0.3) is 0 Å². The van der Waals surface area contributed by atoms with Crippen LogP contribution in [0.4, 0.5) is 0 Å². The first kappa shape index (κ1) is 8.94. The number of carbonyl (C=O) groups is 2. The predicted molar refractivity (Wildman–Crippen MR) is 35.6 cm³/mol. The summed E-state index contributed by atoms with van der Waals surface area (Å²) in [5.74, 6) is -0.560. The van der Waals surface area contributed by atoms with Crippen LogP contribution in [0, 0.1) is 0 Å². The molecule has 0 unspecified atom stereocenters. The highest BCUT2D eigenvalue weighted by molar-refractivity contribution is 5.81. The van der Waals surface area contributed by atoms with E-state index in [4.69, 9.17) is 5.11 Å². The van der Waals surface area contributed by atoms with E-state index in [1.165, 1.54) is 0 Å². The van der Waals surface area contributed by atoms with Gasteiger partial charge in [-0.1, -0.05) is 6.92 Å². The highest BCUT2D eigenvalue weighted by Gasteiger charge is 2.07. The van der Waals surface area contributed by atoms with Crippen molar-refractivity contribution in [2.75, 3.05) is 6.54 Å². The van der Waals surface area contributed by atoms with E-state index in [0.717, 1.165) is 13.0 Å². The van der Waals surface area contributed by atoms with Crippen molar-refractivity contribution in [2.45, 2.75) is 19.8 Å². The minimum absolute atomic E-state index is 0.185. The van der Waals surface area contributed by atoms with E-state index in [1.54, 1.807) is 6.92 Å². The largest absolute Gasteiger partial charge is 0.481 e. The molecule has 1 fully saturated rings. The lowest BCUT2D eigenvalue weighted by Gasteiger charge is -2.10. The Kier molecular flexibility index (Phi) is 4.28. The van der Waals surface area contributed by atoms with Crippen molar-refractivity contribution in [1.29, 1.82) is 0 Å². The van der Waals surface area contributed by atoms with Crippen LogP contribution >= 0.6 is 0 Å². The lowest BCUT2D eigenvalue weighted by Crippen LogP contribution is -2.37. The van der Waals surface area contributed by atoms with Crippen LogP contribution in [0.2, 0.25) is 0 Å². The Morgan fingerprint density at radius 2 is 2.10 bits per heavy atom. The van der Waals surface area contributed by atoms with Gasteiger partial charge in [0.2, 0.25) is 5.91 Å². The molecule has 1 aliphatic heterocycles. The van der Waals surface area contributed by atoms with Crippen molar-refractivity contribution in [3.05, 3.63) is 0 Å². The molecule has 0 aliphatic carbocycles. The molecule has 4 heteroatoms. The van der Waals surface area contributed by atoms with Crippen LogP contribution in [-0.2, 0) is 9.59 Å². The van der Waals surface area contributed by atoms with Gasteiger partial charge in [0, 0.05) is 19.4 Å². The van der Waals surface area contributed by atoms with Gasteiger partial charge in [-0.15, -0.1) is 0 Å². The standard InChI is InChI=1S/C3H5NO.C3H6O2/c5-3-1-2-4-3;1-2-3(4)5/h1-2H2,(H,4,5);2H2,1H3,(H,4,5). The molecule has 0 saturated carbocycles. The minimum atomic E-state index is -0.745. The van der Waals surface area contributed by atoms with Crippen molar-refractivity contribution in [2.24, 2.45) is 0 Å². The average molecular weight is 145 g/mol. The maximum Gasteiger partial charge on any atom is 0.303 e. The molecule has 58 valence electrons. The third-order valence-corrected chi connectivity index (χ3v) is 0.977. The topological polar surface area (TPSA) is 66.4 Å². The fraction of sp³-hybridized carbons (Fsp3) is 0.667. The molecule has 0 atom stereocenters. The Morgan fingerprint density at radius 1 is 1.80 bits per heavy atom. The zero-order chi connectivity index (χ0) is 7.98. The lowest BCUT2D eigenvalue weighted by molar-refractivity contribution is -0.136. The molecule has 1 amide bonds. The molecule has 1 rings (SSSR count). The Hall–Kier alpha value is -1.06. The van der Waals surface area contributed by atoms with Crippen LogP contribution in [0.1, 0.15) is 19.8 Å². The third-order valence-electron chi connectivity index (χ3n) is 0.977. The number of β-lactam (4-membered cyclic amide) rings is 1. The first-order chi connectivity index (χ1) is 4.66. The van der Waals surface area contributed by atoms with Crippen LogP contribution < -0.4 is 5.32 Å². The molecule has 0 aromatic carbocycles. The summed E-state index contributed by atoms with van der Waals surface area (Å²) in [4.78, 5) is 19.2. The first-order valence-electron chi connectivity index (χ1n) is 3.15. The van der Waals surface area contributed by atoms with Gasteiger partial charge in [-0.2, -0.15) is 0 Å². The number of nitrogens with one attached hydrogen (secondary N) is 1. The van der Waals surface area contributed by atoms with Crippen LogP contribution in [0.25, 0.3) is 0 Å². The van der Waals surface area contributed by atoms with E-state index in [2.05, 4.69) is 5.32 Å². The number of aliphatic carboxylic acids is 1. The van der Waals surface area contributed by atoms with E-state index < -0.39 is 5.97 Å². The summed E-state index contributed by atoms with van der Waals surface area (Å²) >= 11 is 0. The predicted octanol–water partition coefficient (Wildman–Crippen LogP) is -0.0127. The van der Waals surface area contributed by atoms with Crippen LogP contribution in [0.3, 0.4) is 0 Å². The maximum atomic E-state index is 9.79. The number of carbonyl (C=O) groups excluding carboxylic acids is 1. The fourth-order valence-corrected chi connectivity index (χ4v) is 0.227. The number of hydrogen-bond acceptors (Lipinski definition) is 2. The molecule has 2 N–H and O–H groups in total. The minimum Gasteiger partial charge on any atom is -0.481 e. The number of hydrogen-bond donors (Lipinski definition) is 2. The van der Waals surface area contributed by atoms with Crippen molar-refractivity contribution in [1.82, 2.24) is 5.32 Å². The van der Waals surface area contributed by atoms with Gasteiger partial charge in [0.05, 0.1) is 0 Å². The van der Waals surface area contributed by atoms with Crippen molar-refractivity contribution >= 4 is 11.9 Å². The summed E-state index contributed by atoms with van der Waals surface area (Å²) in [5.41, 5.74) is 0. The van der Waals surface area contributed by atoms with Gasteiger partial charge in [-0.05, 0) is 0 Å². The van der Waals surface area contributed by atoms with Gasteiger partial charge in [0.1, 0.15) is 0 Å². The zero-order valence-corrected chi connectivity index (χ0v) is 5.89. The second-order valence-corrected chi connectivity index (χ2v) is 1.85. The van der Waals surface area contributed by atoms with Gasteiger partial charge >= 0.3 is 5.97 Å². The summed E-state index contributed by atoms with van der Waals surface area (Å²) < 4.78 is 0. The zero-order valence-electron chi connectivity index (χ0n) is 5.89. The highest BCUT2D eigenvalue weighted by Crippen LogP contribution is 1.85. The van der Waals surface area contributed by atoms with Crippen molar-refractivity contribution in [3.63, 3.8) is 0 Å². The Labute approximate surface area is 59.2 Å². The average Bonchev–Trinajstić information content (AvgIpc) is 1.85. The summed E-state index contributed by atoms with van der Waals surface area (Å²) in [7, 11) is 0. The second-order valence-electron chi connectivity index (χ2n) is 1.85. The molecule has 1 aliphatic rings. The number of carboxylic acid groups (broad SMARTS) is 1. The van der Waals surface area contributed by atoms with Crippen LogP contribution in [0.5, 0.6) is 0 Å². The summed E-state index contributed by atoms with van der Waals surface area (Å²) in [6.45, 7) is 2.49. The van der Waals surface area contributed by atoms with E-state index >= 15 is 0 Å². The molecule has 0 aromatic heterocycles. The van der Waals surface area contributed by atoms with Crippen molar-refractivity contribution < 1.29 is 14.7 Å². The van der Waals surface area contributed by atoms with Gasteiger partial charge in [-0.3, -0.25) is 9.59 Å². The monoisotopic (exact) mass is 145 g/mol. The van der Waals surface area contributed by atoms with Gasteiger partial charge in [0.15, 0.2) is 0 Å². The molecule has 0 radical (unpaired) electrons. The Bertz CT molecular complexity index is 119. The summed E-state index contributed by atoms with van der Waals surface area (Å²) in [5, 5.41) is 10.3. The molecule has 0 aromatic rings. The lowest BCUT2D eigenvalue weighted by atomic mass is 10.3. The smallest absolute Gasteiger partial charge is 0.303 e. The molecule has 0 bridgehead atoms. The Balaban J connectivity index is 0.000000162. The van der Waals surface area contributed by atoms with E-state index in [-0.39, 0.29) is 12.3 Å². The highest BCUT2D eigenvalue weighted by atomic mass is 16.4. The van der Waals surface area contributed by atoms with Crippen LogP contribution in [0.15, 0.2) is 0 Å². The molecule has 1 saturated heterocycles. The van der Waals surface area contributed by atoms with Crippen LogP contribution in [-0.4, -0.2) is 23.5 Å². The molecular weight excluding hydrogens is 134 g/mol. The number of rotatable bonds is 1. The summed E-state index contributed by atoms with van der Waals surface area (Å²) in [6.07, 6.45) is 0.958. The number of amides is 1.